The van der Waals surface area contributed by atoms with Crippen LogP contribution in [0.3, 0.4) is 0 Å². The van der Waals surface area contributed by atoms with Gasteiger partial charge in [0.15, 0.2) is 0 Å². The number of halogens is 1. The van der Waals surface area contributed by atoms with Gasteiger partial charge in [-0.2, -0.15) is 0 Å². The molecule has 3 heteroatoms. The number of rotatable bonds is 4. The molecule has 1 aliphatic rings. The summed E-state index contributed by atoms with van der Waals surface area (Å²) in [5.41, 5.74) is -0.130. The Bertz CT molecular complexity index is 232. The second-order valence-corrected chi connectivity index (χ2v) is 5.99. The van der Waals surface area contributed by atoms with Gasteiger partial charge in [-0.15, -0.1) is 11.6 Å². The molecule has 1 aliphatic carbocycles. The molecule has 0 radical (unpaired) electrons. The second-order valence-electron chi connectivity index (χ2n) is 5.72. The van der Waals surface area contributed by atoms with Crippen LogP contribution >= 0.6 is 11.6 Å². The zero-order valence-electron chi connectivity index (χ0n) is 10.0. The molecule has 0 atom stereocenters. The Morgan fingerprint density at radius 1 is 1.40 bits per heavy atom. The minimum atomic E-state index is -0.448. The molecule has 1 rings (SSSR count). The fraction of sp³-hybridized carbons (Fsp3) is 0.917. The van der Waals surface area contributed by atoms with Crippen LogP contribution in [0.4, 0.5) is 0 Å². The molecule has 1 N–H and O–H groups in total. The molecule has 2 nitrogen and oxygen atoms in total. The third kappa shape index (κ3) is 3.37. The fourth-order valence-corrected chi connectivity index (χ4v) is 2.12. The summed E-state index contributed by atoms with van der Waals surface area (Å²) >= 11 is 5.76. The second kappa shape index (κ2) is 4.73. The highest BCUT2D eigenvalue weighted by atomic mass is 35.5. The summed E-state index contributed by atoms with van der Waals surface area (Å²) in [7, 11) is 0. The van der Waals surface area contributed by atoms with E-state index in [0.29, 0.717) is 11.3 Å². The average molecular weight is 232 g/mol. The molecule has 0 unspecified atom stereocenters. The lowest BCUT2D eigenvalue weighted by Gasteiger charge is -2.27. The Morgan fingerprint density at radius 3 is 2.40 bits per heavy atom. The summed E-state index contributed by atoms with van der Waals surface area (Å²) in [6, 6.07) is 0. The molecule has 0 spiro atoms. The van der Waals surface area contributed by atoms with Crippen LogP contribution in [0.25, 0.3) is 0 Å². The van der Waals surface area contributed by atoms with Crippen LogP contribution < -0.4 is 5.32 Å². The smallest absolute Gasteiger partial charge is 0.226 e. The van der Waals surface area contributed by atoms with Crippen LogP contribution in [0, 0.1) is 10.8 Å². The molecule has 0 heterocycles. The van der Waals surface area contributed by atoms with Crippen molar-refractivity contribution in [3.05, 3.63) is 0 Å². The molecule has 0 bridgehead atoms. The van der Waals surface area contributed by atoms with Crippen molar-refractivity contribution in [3.8, 4) is 0 Å². The normalized spacial score (nSPS) is 20.3. The number of carbonyl (C=O) groups excluding carboxylic acids is 1. The molecule has 1 amide bonds. The molecule has 0 aromatic rings. The first kappa shape index (κ1) is 12.8. The van der Waals surface area contributed by atoms with Crippen LogP contribution in [0.15, 0.2) is 0 Å². The van der Waals surface area contributed by atoms with Crippen molar-refractivity contribution in [2.45, 2.75) is 46.5 Å². The number of hydrogen-bond donors (Lipinski definition) is 1. The van der Waals surface area contributed by atoms with Gasteiger partial charge in [-0.1, -0.05) is 19.8 Å². The van der Waals surface area contributed by atoms with Gasteiger partial charge in [0.25, 0.3) is 0 Å². The van der Waals surface area contributed by atoms with Crippen molar-refractivity contribution < 1.29 is 4.79 Å². The van der Waals surface area contributed by atoms with E-state index in [1.54, 1.807) is 0 Å². The van der Waals surface area contributed by atoms with Crippen LogP contribution in [-0.4, -0.2) is 18.3 Å². The third-order valence-electron chi connectivity index (χ3n) is 3.44. The Labute approximate surface area is 97.8 Å². The van der Waals surface area contributed by atoms with Crippen LogP contribution in [0.5, 0.6) is 0 Å². The van der Waals surface area contributed by atoms with Gasteiger partial charge in [0, 0.05) is 12.4 Å². The molecule has 0 aromatic heterocycles. The van der Waals surface area contributed by atoms with E-state index in [4.69, 9.17) is 11.6 Å². The van der Waals surface area contributed by atoms with Crippen LogP contribution in [0.2, 0.25) is 0 Å². The zero-order valence-corrected chi connectivity index (χ0v) is 10.8. The van der Waals surface area contributed by atoms with Crippen molar-refractivity contribution in [3.63, 3.8) is 0 Å². The van der Waals surface area contributed by atoms with Crippen LogP contribution in [0.1, 0.15) is 46.5 Å². The summed E-state index contributed by atoms with van der Waals surface area (Å²) in [4.78, 5) is 11.8. The summed E-state index contributed by atoms with van der Waals surface area (Å²) in [5.74, 6) is 0.445. The number of hydrogen-bond acceptors (Lipinski definition) is 1. The van der Waals surface area contributed by atoms with E-state index in [1.807, 2.05) is 13.8 Å². The van der Waals surface area contributed by atoms with E-state index in [0.717, 1.165) is 6.54 Å². The standard InChI is InChI=1S/C12H22ClNO/c1-11(2,8-13)10(15)14-9-12(3)6-4-5-7-12/h4-9H2,1-3H3,(H,14,15). The maximum atomic E-state index is 11.8. The van der Waals surface area contributed by atoms with Gasteiger partial charge in [0.1, 0.15) is 0 Å². The monoisotopic (exact) mass is 231 g/mol. The number of carbonyl (C=O) groups is 1. The Morgan fingerprint density at radius 2 is 1.93 bits per heavy atom. The maximum absolute atomic E-state index is 11.8. The van der Waals surface area contributed by atoms with Crippen LogP contribution in [-0.2, 0) is 4.79 Å². The van der Waals surface area contributed by atoms with Crippen molar-refractivity contribution in [2.75, 3.05) is 12.4 Å². The van der Waals surface area contributed by atoms with Crippen molar-refractivity contribution in [1.29, 1.82) is 0 Å². The largest absolute Gasteiger partial charge is 0.355 e. The van der Waals surface area contributed by atoms with Gasteiger partial charge in [-0.05, 0) is 32.1 Å². The molecule has 0 aliphatic heterocycles. The van der Waals surface area contributed by atoms with E-state index in [-0.39, 0.29) is 5.91 Å². The van der Waals surface area contributed by atoms with Gasteiger partial charge >= 0.3 is 0 Å². The maximum Gasteiger partial charge on any atom is 0.226 e. The topological polar surface area (TPSA) is 29.1 Å². The lowest BCUT2D eigenvalue weighted by molar-refractivity contribution is -0.128. The highest BCUT2D eigenvalue weighted by Crippen LogP contribution is 2.36. The molecule has 0 aromatic carbocycles. The molecule has 88 valence electrons. The zero-order chi connectivity index (χ0) is 11.5. The molecular formula is C12H22ClNO. The summed E-state index contributed by atoms with van der Waals surface area (Å²) in [6.45, 7) is 6.82. The number of alkyl halides is 1. The predicted molar refractivity (Wildman–Crippen MR) is 64.1 cm³/mol. The SMILES string of the molecule is CC1(CNC(=O)C(C)(C)CCl)CCCC1. The molecule has 1 saturated carbocycles. The Kier molecular flexibility index (Phi) is 4.05. The quantitative estimate of drug-likeness (QED) is 0.741. The fourth-order valence-electron chi connectivity index (χ4n) is 2.00. The molecular weight excluding hydrogens is 210 g/mol. The summed E-state index contributed by atoms with van der Waals surface area (Å²) in [5, 5.41) is 3.03. The van der Waals surface area contributed by atoms with E-state index in [9.17, 15) is 4.79 Å². The number of amides is 1. The molecule has 0 saturated heterocycles. The minimum Gasteiger partial charge on any atom is -0.355 e. The van der Waals surface area contributed by atoms with Crippen molar-refractivity contribution >= 4 is 17.5 Å². The first-order chi connectivity index (χ1) is 6.90. The average Bonchev–Trinajstić information content (AvgIpc) is 2.62. The molecule has 1 fully saturated rings. The van der Waals surface area contributed by atoms with E-state index >= 15 is 0 Å². The Balaban J connectivity index is 2.40. The molecule has 15 heavy (non-hydrogen) atoms. The highest BCUT2D eigenvalue weighted by Gasteiger charge is 2.32. The Hall–Kier alpha value is -0.240. The van der Waals surface area contributed by atoms with Gasteiger partial charge < -0.3 is 5.32 Å². The lowest BCUT2D eigenvalue weighted by atomic mass is 9.88. The van der Waals surface area contributed by atoms with Crippen molar-refractivity contribution in [1.82, 2.24) is 5.32 Å². The lowest BCUT2D eigenvalue weighted by Crippen LogP contribution is -2.42. The first-order valence-electron chi connectivity index (χ1n) is 5.74. The van der Waals surface area contributed by atoms with Gasteiger partial charge in [0.05, 0.1) is 5.41 Å². The van der Waals surface area contributed by atoms with Gasteiger partial charge in [0.2, 0.25) is 5.91 Å². The van der Waals surface area contributed by atoms with Crippen molar-refractivity contribution in [2.24, 2.45) is 10.8 Å². The van der Waals surface area contributed by atoms with Gasteiger partial charge in [-0.25, -0.2) is 0 Å². The van der Waals surface area contributed by atoms with E-state index in [2.05, 4.69) is 12.2 Å². The number of nitrogens with one attached hydrogen (secondary N) is 1. The third-order valence-corrected chi connectivity index (χ3v) is 4.10. The highest BCUT2D eigenvalue weighted by molar-refractivity contribution is 6.19. The van der Waals surface area contributed by atoms with E-state index < -0.39 is 5.41 Å². The minimum absolute atomic E-state index is 0.0747. The predicted octanol–water partition coefficient (Wildman–Crippen LogP) is 2.95. The first-order valence-corrected chi connectivity index (χ1v) is 6.27. The summed E-state index contributed by atoms with van der Waals surface area (Å²) in [6.07, 6.45) is 5.06. The van der Waals surface area contributed by atoms with Gasteiger partial charge in [-0.3, -0.25) is 4.79 Å². The van der Waals surface area contributed by atoms with E-state index in [1.165, 1.54) is 25.7 Å². The summed E-state index contributed by atoms with van der Waals surface area (Å²) < 4.78 is 0.